The van der Waals surface area contributed by atoms with Gasteiger partial charge in [0.15, 0.2) is 0 Å². The smallest absolute Gasteiger partial charge is 0.315 e. The number of hydrogen-bond acceptors (Lipinski definition) is 3. The molecular weight excluding hydrogens is 232 g/mol. The van der Waals surface area contributed by atoms with Crippen LogP contribution in [0.1, 0.15) is 25.7 Å². The van der Waals surface area contributed by atoms with Crippen LogP contribution < -0.4 is 11.1 Å². The number of likely N-dealkylation sites (tertiary alicyclic amines) is 2. The largest absolute Gasteiger partial charge is 0.351 e. The highest BCUT2D eigenvalue weighted by atomic mass is 16.2. The minimum Gasteiger partial charge on any atom is -0.351 e. The zero-order chi connectivity index (χ0) is 13.1. The van der Waals surface area contributed by atoms with Crippen LogP contribution in [0.3, 0.4) is 0 Å². The number of primary amides is 1. The molecule has 3 amide bonds. The number of likely N-dealkylation sites (N-methyl/N-ethyl adjacent to an activating group) is 1. The first-order valence-corrected chi connectivity index (χ1v) is 6.65. The van der Waals surface area contributed by atoms with Crippen LogP contribution in [0.4, 0.5) is 4.79 Å². The molecule has 6 nitrogen and oxygen atoms in total. The Morgan fingerprint density at radius 3 is 2.61 bits per heavy atom. The number of carbonyl (C=O) groups is 2. The van der Waals surface area contributed by atoms with Gasteiger partial charge in [0.05, 0.1) is 0 Å². The number of amides is 3. The topological polar surface area (TPSA) is 78.7 Å². The highest BCUT2D eigenvalue weighted by Crippen LogP contribution is 2.21. The van der Waals surface area contributed by atoms with Crippen LogP contribution in [0.25, 0.3) is 0 Å². The van der Waals surface area contributed by atoms with Crippen molar-refractivity contribution in [2.45, 2.75) is 37.8 Å². The van der Waals surface area contributed by atoms with Crippen molar-refractivity contribution >= 4 is 11.9 Å². The van der Waals surface area contributed by atoms with Crippen molar-refractivity contribution < 1.29 is 9.59 Å². The van der Waals surface area contributed by atoms with Gasteiger partial charge in [0, 0.05) is 25.7 Å². The molecule has 2 aliphatic rings. The number of piperidine rings is 1. The van der Waals surface area contributed by atoms with Crippen molar-refractivity contribution in [1.29, 1.82) is 0 Å². The van der Waals surface area contributed by atoms with Crippen molar-refractivity contribution in [3.63, 3.8) is 0 Å². The first kappa shape index (κ1) is 13.1. The van der Waals surface area contributed by atoms with Crippen LogP contribution in [0, 0.1) is 0 Å². The fraction of sp³-hybridized carbons (Fsp3) is 0.833. The lowest BCUT2D eigenvalue weighted by Crippen LogP contribution is -2.54. The fourth-order valence-electron chi connectivity index (χ4n) is 2.91. The molecule has 0 aromatic heterocycles. The van der Waals surface area contributed by atoms with Gasteiger partial charge in [-0.1, -0.05) is 0 Å². The van der Waals surface area contributed by atoms with Gasteiger partial charge in [0.1, 0.15) is 6.04 Å². The van der Waals surface area contributed by atoms with Gasteiger partial charge >= 0.3 is 6.03 Å². The minimum absolute atomic E-state index is 0.0613. The Bertz CT molecular complexity index is 334. The molecule has 0 saturated carbocycles. The molecule has 2 saturated heterocycles. The summed E-state index contributed by atoms with van der Waals surface area (Å²) in [5.74, 6) is 0.0613. The Balaban J connectivity index is 1.99. The van der Waals surface area contributed by atoms with E-state index in [2.05, 4.69) is 5.32 Å². The molecule has 2 fully saturated rings. The number of rotatable bonds is 2. The molecular formula is C12H22N4O2. The van der Waals surface area contributed by atoms with Crippen LogP contribution >= 0.6 is 0 Å². The first-order valence-electron chi connectivity index (χ1n) is 6.65. The Hall–Kier alpha value is -1.30. The number of nitrogens with one attached hydrogen (secondary N) is 1. The lowest BCUT2D eigenvalue weighted by molar-refractivity contribution is -0.136. The van der Waals surface area contributed by atoms with E-state index in [1.807, 2.05) is 11.9 Å². The second kappa shape index (κ2) is 5.56. The van der Waals surface area contributed by atoms with E-state index in [1.165, 1.54) is 4.90 Å². The maximum Gasteiger partial charge on any atom is 0.315 e. The van der Waals surface area contributed by atoms with Crippen molar-refractivity contribution in [3.8, 4) is 0 Å². The molecule has 102 valence electrons. The van der Waals surface area contributed by atoms with E-state index in [9.17, 15) is 9.59 Å². The molecule has 2 rings (SSSR count). The summed E-state index contributed by atoms with van der Waals surface area (Å²) < 4.78 is 0. The van der Waals surface area contributed by atoms with E-state index in [4.69, 9.17) is 5.73 Å². The third kappa shape index (κ3) is 2.58. The first-order chi connectivity index (χ1) is 8.63. The molecule has 18 heavy (non-hydrogen) atoms. The van der Waals surface area contributed by atoms with Gasteiger partial charge in [-0.3, -0.25) is 4.79 Å². The van der Waals surface area contributed by atoms with E-state index >= 15 is 0 Å². The zero-order valence-electron chi connectivity index (χ0n) is 10.9. The molecule has 3 N–H and O–H groups in total. The normalized spacial score (nSPS) is 28.5. The van der Waals surface area contributed by atoms with Crippen molar-refractivity contribution in [1.82, 2.24) is 15.1 Å². The Morgan fingerprint density at radius 2 is 1.94 bits per heavy atom. The van der Waals surface area contributed by atoms with Gasteiger partial charge in [0.2, 0.25) is 5.91 Å². The molecule has 1 unspecified atom stereocenters. The molecule has 0 aromatic rings. The third-order valence-electron chi connectivity index (χ3n) is 3.96. The summed E-state index contributed by atoms with van der Waals surface area (Å²) in [4.78, 5) is 27.1. The van der Waals surface area contributed by atoms with Crippen molar-refractivity contribution in [2.75, 3.05) is 26.7 Å². The van der Waals surface area contributed by atoms with Gasteiger partial charge in [-0.05, 0) is 32.7 Å². The molecule has 0 radical (unpaired) electrons. The molecule has 2 heterocycles. The van der Waals surface area contributed by atoms with E-state index in [1.54, 1.807) is 0 Å². The van der Waals surface area contributed by atoms with E-state index in [-0.39, 0.29) is 11.9 Å². The second-order valence-corrected chi connectivity index (χ2v) is 5.10. The minimum atomic E-state index is -0.479. The highest BCUT2D eigenvalue weighted by molar-refractivity contribution is 5.87. The summed E-state index contributed by atoms with van der Waals surface area (Å²) in [5.41, 5.74) is 5.31. The molecule has 2 atom stereocenters. The second-order valence-electron chi connectivity index (χ2n) is 5.10. The lowest BCUT2D eigenvalue weighted by Gasteiger charge is -2.35. The van der Waals surface area contributed by atoms with Gasteiger partial charge in [-0.25, -0.2) is 4.79 Å². The summed E-state index contributed by atoms with van der Waals surface area (Å²) >= 11 is 0. The van der Waals surface area contributed by atoms with Crippen LogP contribution in [-0.2, 0) is 4.79 Å². The number of nitrogens with zero attached hydrogens (tertiary/aromatic N) is 2. The van der Waals surface area contributed by atoms with E-state index in [0.29, 0.717) is 12.6 Å². The standard InChI is InChI=1S/C12H22N4O2/c1-14-9-4-2-6-15(8-9)11(17)10-5-3-7-16(10)12(13)18/h9-10,14H,2-8H2,1H3,(H2,13,18)/t9?,10-/m0/s1. The van der Waals surface area contributed by atoms with E-state index in [0.717, 1.165) is 38.8 Å². The SMILES string of the molecule is CNC1CCCN(C(=O)[C@@H]2CCCN2C(N)=O)C1. The summed E-state index contributed by atoms with van der Waals surface area (Å²) in [6.07, 6.45) is 3.72. The van der Waals surface area contributed by atoms with Gasteiger partial charge in [0.25, 0.3) is 0 Å². The summed E-state index contributed by atoms with van der Waals surface area (Å²) in [7, 11) is 1.92. The van der Waals surface area contributed by atoms with Crippen molar-refractivity contribution in [3.05, 3.63) is 0 Å². The predicted molar refractivity (Wildman–Crippen MR) is 68.0 cm³/mol. The molecule has 2 aliphatic heterocycles. The average molecular weight is 254 g/mol. The number of hydrogen-bond donors (Lipinski definition) is 2. The summed E-state index contributed by atoms with van der Waals surface area (Å²) in [6.45, 7) is 2.13. The Labute approximate surface area is 107 Å². The van der Waals surface area contributed by atoms with Crippen LogP contribution in [0.5, 0.6) is 0 Å². The third-order valence-corrected chi connectivity index (χ3v) is 3.96. The van der Waals surface area contributed by atoms with Crippen LogP contribution in [-0.4, -0.2) is 60.5 Å². The highest BCUT2D eigenvalue weighted by Gasteiger charge is 2.36. The van der Waals surface area contributed by atoms with Crippen molar-refractivity contribution in [2.24, 2.45) is 5.73 Å². The van der Waals surface area contributed by atoms with Gasteiger partial charge < -0.3 is 20.9 Å². The monoisotopic (exact) mass is 254 g/mol. The molecule has 0 aromatic carbocycles. The quantitative estimate of drug-likeness (QED) is 0.712. The summed E-state index contributed by atoms with van der Waals surface area (Å²) in [6, 6.07) is -0.447. The number of urea groups is 1. The number of carbonyl (C=O) groups excluding carboxylic acids is 2. The maximum atomic E-state index is 12.4. The van der Waals surface area contributed by atoms with Gasteiger partial charge in [-0.15, -0.1) is 0 Å². The summed E-state index contributed by atoms with van der Waals surface area (Å²) in [5, 5.41) is 3.21. The average Bonchev–Trinajstić information content (AvgIpc) is 2.87. The Kier molecular flexibility index (Phi) is 4.06. The lowest BCUT2D eigenvalue weighted by atomic mass is 10.0. The predicted octanol–water partition coefficient (Wildman–Crippen LogP) is -0.260. The maximum absolute atomic E-state index is 12.4. The molecule has 6 heteroatoms. The zero-order valence-corrected chi connectivity index (χ0v) is 10.9. The van der Waals surface area contributed by atoms with Crippen LogP contribution in [0.2, 0.25) is 0 Å². The molecule has 0 spiro atoms. The molecule has 0 aliphatic carbocycles. The Morgan fingerprint density at radius 1 is 1.22 bits per heavy atom. The fourth-order valence-corrected chi connectivity index (χ4v) is 2.91. The van der Waals surface area contributed by atoms with Gasteiger partial charge in [-0.2, -0.15) is 0 Å². The molecule has 0 bridgehead atoms. The van der Waals surface area contributed by atoms with E-state index < -0.39 is 6.03 Å². The van der Waals surface area contributed by atoms with Crippen LogP contribution in [0.15, 0.2) is 0 Å². The number of nitrogens with two attached hydrogens (primary N) is 1.